The predicted octanol–water partition coefficient (Wildman–Crippen LogP) is 0.495. The fourth-order valence-electron chi connectivity index (χ4n) is 3.91. The molecule has 5 heteroatoms. The smallest absolute Gasteiger partial charge is 0.153 e. The Morgan fingerprint density at radius 3 is 2.56 bits per heavy atom. The molecule has 3 rings (SSSR count). The molecule has 0 aromatic rings. The van der Waals surface area contributed by atoms with Crippen LogP contribution in [-0.4, -0.2) is 57.0 Å². The van der Waals surface area contributed by atoms with Gasteiger partial charge in [0.1, 0.15) is 0 Å². The minimum absolute atomic E-state index is 0.184. The quantitative estimate of drug-likeness (QED) is 0.812. The molecule has 3 fully saturated rings. The van der Waals surface area contributed by atoms with Gasteiger partial charge in [-0.05, 0) is 37.6 Å². The summed E-state index contributed by atoms with van der Waals surface area (Å²) in [6.45, 7) is 4.21. The van der Waals surface area contributed by atoms with Crippen molar-refractivity contribution >= 4 is 9.84 Å². The Hall–Kier alpha value is -0.130. The van der Waals surface area contributed by atoms with Crippen molar-refractivity contribution in [1.82, 2.24) is 10.2 Å². The number of rotatable bonds is 3. The maximum Gasteiger partial charge on any atom is 0.153 e. The van der Waals surface area contributed by atoms with Gasteiger partial charge in [-0.3, -0.25) is 0 Å². The van der Waals surface area contributed by atoms with Crippen LogP contribution in [0.1, 0.15) is 25.7 Å². The zero-order valence-corrected chi connectivity index (χ0v) is 11.8. The molecule has 0 aromatic heterocycles. The third-order valence-corrected chi connectivity index (χ3v) is 6.63. The summed E-state index contributed by atoms with van der Waals surface area (Å²) in [4.78, 5) is 2.55. The SMILES string of the molecule is O=S1(=O)CCNC(CCN2CC3CCCC3C2)C1. The Morgan fingerprint density at radius 2 is 1.89 bits per heavy atom. The Kier molecular flexibility index (Phi) is 3.65. The summed E-state index contributed by atoms with van der Waals surface area (Å²) in [6.07, 6.45) is 5.23. The van der Waals surface area contributed by atoms with Crippen LogP contribution in [0.25, 0.3) is 0 Å². The molecule has 2 saturated heterocycles. The molecule has 0 bridgehead atoms. The number of hydrogen-bond acceptors (Lipinski definition) is 4. The van der Waals surface area contributed by atoms with Crippen LogP contribution in [0.2, 0.25) is 0 Å². The molecule has 3 unspecified atom stereocenters. The van der Waals surface area contributed by atoms with E-state index < -0.39 is 9.84 Å². The van der Waals surface area contributed by atoms with Crippen molar-refractivity contribution in [2.24, 2.45) is 11.8 Å². The Balaban J connectivity index is 1.45. The third kappa shape index (κ3) is 2.89. The first-order valence-electron chi connectivity index (χ1n) is 7.28. The molecule has 1 N–H and O–H groups in total. The standard InChI is InChI=1S/C13H24N2O2S/c16-18(17)7-5-14-13(10-18)4-6-15-8-11-2-1-3-12(11)9-15/h11-14H,1-10H2. The molecular weight excluding hydrogens is 248 g/mol. The second-order valence-corrected chi connectivity index (χ2v) is 8.49. The van der Waals surface area contributed by atoms with Crippen LogP contribution in [0.5, 0.6) is 0 Å². The molecule has 0 spiro atoms. The number of likely N-dealkylation sites (tertiary alicyclic amines) is 1. The largest absolute Gasteiger partial charge is 0.312 e. The normalized spacial score (nSPS) is 39.9. The highest BCUT2D eigenvalue weighted by Gasteiger charge is 2.36. The van der Waals surface area contributed by atoms with E-state index in [2.05, 4.69) is 10.2 Å². The lowest BCUT2D eigenvalue weighted by atomic mass is 10.0. The Bertz CT molecular complexity index is 384. The van der Waals surface area contributed by atoms with Crippen molar-refractivity contribution in [2.45, 2.75) is 31.7 Å². The number of sulfone groups is 1. The van der Waals surface area contributed by atoms with Crippen LogP contribution in [0.15, 0.2) is 0 Å². The summed E-state index contributed by atoms with van der Waals surface area (Å²) < 4.78 is 23.1. The van der Waals surface area contributed by atoms with Gasteiger partial charge in [0.2, 0.25) is 0 Å². The Labute approximate surface area is 110 Å². The second kappa shape index (κ2) is 5.10. The molecule has 0 amide bonds. The third-order valence-electron chi connectivity index (χ3n) is 4.90. The van der Waals surface area contributed by atoms with Gasteiger partial charge in [0.25, 0.3) is 0 Å². The highest BCUT2D eigenvalue weighted by molar-refractivity contribution is 7.91. The fraction of sp³-hybridized carbons (Fsp3) is 1.00. The van der Waals surface area contributed by atoms with Crippen molar-refractivity contribution in [3.05, 3.63) is 0 Å². The molecule has 2 heterocycles. The lowest BCUT2D eigenvalue weighted by molar-refractivity contribution is 0.291. The van der Waals surface area contributed by atoms with Gasteiger partial charge >= 0.3 is 0 Å². The van der Waals surface area contributed by atoms with Crippen LogP contribution < -0.4 is 5.32 Å². The van der Waals surface area contributed by atoms with E-state index in [4.69, 9.17) is 0 Å². The minimum atomic E-state index is -2.77. The van der Waals surface area contributed by atoms with Crippen LogP contribution >= 0.6 is 0 Å². The number of hydrogen-bond donors (Lipinski definition) is 1. The molecule has 0 radical (unpaired) electrons. The topological polar surface area (TPSA) is 49.4 Å². The highest BCUT2D eigenvalue weighted by atomic mass is 32.2. The Morgan fingerprint density at radius 1 is 1.17 bits per heavy atom. The number of fused-ring (bicyclic) bond motifs is 1. The van der Waals surface area contributed by atoms with Gasteiger partial charge in [-0.2, -0.15) is 0 Å². The molecule has 1 saturated carbocycles. The average Bonchev–Trinajstić information content (AvgIpc) is 2.85. The second-order valence-electron chi connectivity index (χ2n) is 6.26. The summed E-state index contributed by atoms with van der Waals surface area (Å²) in [5.41, 5.74) is 0. The zero-order valence-electron chi connectivity index (χ0n) is 11.0. The van der Waals surface area contributed by atoms with Crippen LogP contribution in [0.3, 0.4) is 0 Å². The van der Waals surface area contributed by atoms with E-state index in [1.165, 1.54) is 32.4 Å². The number of nitrogens with one attached hydrogen (secondary N) is 1. The molecule has 4 nitrogen and oxygen atoms in total. The minimum Gasteiger partial charge on any atom is -0.312 e. The molecule has 3 aliphatic rings. The van der Waals surface area contributed by atoms with Crippen molar-refractivity contribution in [3.8, 4) is 0 Å². The van der Waals surface area contributed by atoms with E-state index in [1.54, 1.807) is 0 Å². The van der Waals surface area contributed by atoms with E-state index >= 15 is 0 Å². The summed E-state index contributed by atoms with van der Waals surface area (Å²) in [7, 11) is -2.77. The summed E-state index contributed by atoms with van der Waals surface area (Å²) in [5, 5.41) is 3.34. The van der Waals surface area contributed by atoms with E-state index in [0.717, 1.165) is 24.8 Å². The molecular formula is C13H24N2O2S. The first-order valence-corrected chi connectivity index (χ1v) is 9.11. The van der Waals surface area contributed by atoms with Crippen LogP contribution in [0.4, 0.5) is 0 Å². The van der Waals surface area contributed by atoms with Gasteiger partial charge in [-0.15, -0.1) is 0 Å². The van der Waals surface area contributed by atoms with Gasteiger partial charge in [0, 0.05) is 25.7 Å². The van der Waals surface area contributed by atoms with E-state index in [0.29, 0.717) is 18.1 Å². The predicted molar refractivity (Wildman–Crippen MR) is 72.3 cm³/mol. The first kappa shape index (κ1) is 12.9. The average molecular weight is 272 g/mol. The van der Waals surface area contributed by atoms with E-state index in [-0.39, 0.29) is 6.04 Å². The lowest BCUT2D eigenvalue weighted by Crippen LogP contribution is -2.46. The lowest BCUT2D eigenvalue weighted by Gasteiger charge is -2.26. The maximum atomic E-state index is 11.6. The summed E-state index contributed by atoms with van der Waals surface area (Å²) >= 11 is 0. The molecule has 3 atom stereocenters. The van der Waals surface area contributed by atoms with E-state index in [1.807, 2.05) is 0 Å². The van der Waals surface area contributed by atoms with Gasteiger partial charge in [0.15, 0.2) is 9.84 Å². The van der Waals surface area contributed by atoms with Crippen molar-refractivity contribution in [1.29, 1.82) is 0 Å². The fourth-order valence-corrected chi connectivity index (χ4v) is 5.40. The number of nitrogens with zero attached hydrogens (tertiary/aromatic N) is 1. The summed E-state index contributed by atoms with van der Waals surface area (Å²) in [5.74, 6) is 2.53. The molecule has 0 aromatic carbocycles. The summed E-state index contributed by atoms with van der Waals surface area (Å²) in [6, 6.07) is 0.184. The molecule has 1 aliphatic carbocycles. The molecule has 104 valence electrons. The van der Waals surface area contributed by atoms with Crippen LogP contribution in [-0.2, 0) is 9.84 Å². The van der Waals surface area contributed by atoms with Gasteiger partial charge < -0.3 is 10.2 Å². The van der Waals surface area contributed by atoms with Crippen LogP contribution in [0, 0.1) is 11.8 Å². The van der Waals surface area contributed by atoms with Gasteiger partial charge in [-0.25, -0.2) is 8.42 Å². The van der Waals surface area contributed by atoms with Crippen molar-refractivity contribution in [3.63, 3.8) is 0 Å². The molecule has 2 aliphatic heterocycles. The van der Waals surface area contributed by atoms with Gasteiger partial charge in [-0.1, -0.05) is 6.42 Å². The zero-order chi connectivity index (χ0) is 12.6. The van der Waals surface area contributed by atoms with Crippen molar-refractivity contribution < 1.29 is 8.42 Å². The molecule has 18 heavy (non-hydrogen) atoms. The van der Waals surface area contributed by atoms with E-state index in [9.17, 15) is 8.42 Å². The highest BCUT2D eigenvalue weighted by Crippen LogP contribution is 2.37. The monoisotopic (exact) mass is 272 g/mol. The van der Waals surface area contributed by atoms with Gasteiger partial charge in [0.05, 0.1) is 11.5 Å². The maximum absolute atomic E-state index is 11.6. The van der Waals surface area contributed by atoms with Crippen molar-refractivity contribution in [2.75, 3.05) is 37.7 Å². The first-order chi connectivity index (χ1) is 8.62.